The fourth-order valence-electron chi connectivity index (χ4n) is 1.98. The van der Waals surface area contributed by atoms with Crippen molar-refractivity contribution in [2.75, 3.05) is 13.2 Å². The Morgan fingerprint density at radius 3 is 3.19 bits per heavy atom. The molecule has 1 atom stereocenters. The largest absolute Gasteiger partial charge is 0.477 e. The number of aromatic nitrogens is 2. The zero-order chi connectivity index (χ0) is 11.2. The highest BCUT2D eigenvalue weighted by Crippen LogP contribution is 2.11. The molecule has 88 valence electrons. The van der Waals surface area contributed by atoms with Crippen molar-refractivity contribution in [1.29, 1.82) is 0 Å². The maximum atomic E-state index is 5.58. The summed E-state index contributed by atoms with van der Waals surface area (Å²) in [5, 5.41) is 11.3. The number of rotatable bonds is 4. The summed E-state index contributed by atoms with van der Waals surface area (Å²) in [5.41, 5.74) is 1.08. The van der Waals surface area contributed by atoms with Gasteiger partial charge in [0.25, 0.3) is 0 Å². The van der Waals surface area contributed by atoms with Crippen molar-refractivity contribution in [3.05, 3.63) is 17.8 Å². The zero-order valence-corrected chi connectivity index (χ0v) is 9.78. The molecule has 0 saturated carbocycles. The van der Waals surface area contributed by atoms with E-state index in [1.54, 1.807) is 6.20 Å². The molecule has 1 fully saturated rings. The van der Waals surface area contributed by atoms with Crippen LogP contribution in [-0.4, -0.2) is 29.4 Å². The van der Waals surface area contributed by atoms with Gasteiger partial charge in [-0.05, 0) is 38.3 Å². The van der Waals surface area contributed by atoms with E-state index in [1.165, 1.54) is 19.3 Å². The van der Waals surface area contributed by atoms with Crippen LogP contribution in [-0.2, 0) is 0 Å². The van der Waals surface area contributed by atoms with Crippen molar-refractivity contribution >= 4 is 0 Å². The summed E-state index contributed by atoms with van der Waals surface area (Å²) in [7, 11) is 0. The van der Waals surface area contributed by atoms with Crippen LogP contribution in [0.5, 0.6) is 5.88 Å². The third kappa shape index (κ3) is 3.45. The maximum absolute atomic E-state index is 5.58. The minimum Gasteiger partial charge on any atom is -0.477 e. The van der Waals surface area contributed by atoms with Crippen molar-refractivity contribution in [1.82, 2.24) is 15.5 Å². The molecule has 2 heterocycles. The number of aryl methyl sites for hydroxylation is 1. The fourth-order valence-corrected chi connectivity index (χ4v) is 1.98. The zero-order valence-electron chi connectivity index (χ0n) is 9.78. The van der Waals surface area contributed by atoms with E-state index >= 15 is 0 Å². The van der Waals surface area contributed by atoms with E-state index < -0.39 is 0 Å². The number of nitrogens with zero attached hydrogens (tertiary/aromatic N) is 2. The van der Waals surface area contributed by atoms with Crippen LogP contribution in [0.2, 0.25) is 0 Å². The van der Waals surface area contributed by atoms with Gasteiger partial charge in [-0.3, -0.25) is 0 Å². The molecule has 4 nitrogen and oxygen atoms in total. The predicted molar refractivity (Wildman–Crippen MR) is 62.5 cm³/mol. The molecule has 1 aliphatic rings. The van der Waals surface area contributed by atoms with Gasteiger partial charge in [0.1, 0.15) is 0 Å². The highest BCUT2D eigenvalue weighted by molar-refractivity contribution is 5.14. The SMILES string of the molecule is Cc1cnnc(OCCC2CCCCN2)c1. The molecule has 16 heavy (non-hydrogen) atoms. The lowest BCUT2D eigenvalue weighted by atomic mass is 10.0. The van der Waals surface area contributed by atoms with Gasteiger partial charge in [-0.2, -0.15) is 5.10 Å². The first-order valence-corrected chi connectivity index (χ1v) is 6.00. The summed E-state index contributed by atoms with van der Waals surface area (Å²) < 4.78 is 5.58. The average molecular weight is 221 g/mol. The highest BCUT2D eigenvalue weighted by Gasteiger charge is 2.12. The summed E-state index contributed by atoms with van der Waals surface area (Å²) in [6, 6.07) is 2.54. The number of piperidine rings is 1. The molecule has 0 amide bonds. The van der Waals surface area contributed by atoms with Gasteiger partial charge in [0, 0.05) is 12.1 Å². The van der Waals surface area contributed by atoms with Crippen LogP contribution in [0.25, 0.3) is 0 Å². The lowest BCUT2D eigenvalue weighted by molar-refractivity contribution is 0.258. The Bertz CT molecular complexity index is 324. The van der Waals surface area contributed by atoms with E-state index in [4.69, 9.17) is 4.74 Å². The van der Waals surface area contributed by atoms with E-state index in [2.05, 4.69) is 15.5 Å². The van der Waals surface area contributed by atoms with Gasteiger partial charge < -0.3 is 10.1 Å². The smallest absolute Gasteiger partial charge is 0.233 e. The average Bonchev–Trinajstić information content (AvgIpc) is 2.30. The van der Waals surface area contributed by atoms with Crippen LogP contribution >= 0.6 is 0 Å². The molecule has 2 rings (SSSR count). The molecule has 1 N–H and O–H groups in total. The van der Waals surface area contributed by atoms with Gasteiger partial charge in [-0.1, -0.05) is 6.42 Å². The maximum Gasteiger partial charge on any atom is 0.233 e. The van der Waals surface area contributed by atoms with Crippen LogP contribution in [0.4, 0.5) is 0 Å². The molecule has 0 bridgehead atoms. The predicted octanol–water partition coefficient (Wildman–Crippen LogP) is 1.70. The topological polar surface area (TPSA) is 47.0 Å². The first-order valence-electron chi connectivity index (χ1n) is 6.00. The van der Waals surface area contributed by atoms with E-state index in [0.29, 0.717) is 11.9 Å². The highest BCUT2D eigenvalue weighted by atomic mass is 16.5. The second-order valence-corrected chi connectivity index (χ2v) is 4.36. The van der Waals surface area contributed by atoms with Crippen molar-refractivity contribution in [2.24, 2.45) is 0 Å². The monoisotopic (exact) mass is 221 g/mol. The number of hydrogen-bond donors (Lipinski definition) is 1. The molecule has 1 saturated heterocycles. The van der Waals surface area contributed by atoms with E-state index in [-0.39, 0.29) is 0 Å². The third-order valence-corrected chi connectivity index (χ3v) is 2.90. The molecule has 0 aromatic carbocycles. The summed E-state index contributed by atoms with van der Waals surface area (Å²) in [5.74, 6) is 0.635. The Labute approximate surface area is 96.4 Å². The van der Waals surface area contributed by atoms with Crippen molar-refractivity contribution in [3.63, 3.8) is 0 Å². The molecule has 1 unspecified atom stereocenters. The Kier molecular flexibility index (Phi) is 4.10. The number of nitrogens with one attached hydrogen (secondary N) is 1. The first-order chi connectivity index (χ1) is 7.84. The Hall–Kier alpha value is -1.16. The molecule has 0 aliphatic carbocycles. The van der Waals surface area contributed by atoms with Crippen LogP contribution in [0, 0.1) is 6.92 Å². The first kappa shape index (κ1) is 11.3. The summed E-state index contributed by atoms with van der Waals surface area (Å²) in [6.07, 6.45) is 6.69. The van der Waals surface area contributed by atoms with Gasteiger partial charge >= 0.3 is 0 Å². The molecule has 1 aromatic rings. The van der Waals surface area contributed by atoms with Crippen LogP contribution in [0.15, 0.2) is 12.3 Å². The van der Waals surface area contributed by atoms with Crippen molar-refractivity contribution < 1.29 is 4.74 Å². The summed E-state index contributed by atoms with van der Waals surface area (Å²) in [4.78, 5) is 0. The van der Waals surface area contributed by atoms with Crippen LogP contribution in [0.3, 0.4) is 0 Å². The number of hydrogen-bond acceptors (Lipinski definition) is 4. The van der Waals surface area contributed by atoms with E-state index in [0.717, 1.165) is 25.1 Å². The van der Waals surface area contributed by atoms with Crippen LogP contribution in [0.1, 0.15) is 31.2 Å². The molecule has 0 radical (unpaired) electrons. The standard InChI is InChI=1S/C12H19N3O/c1-10-8-12(15-14-9-10)16-7-5-11-4-2-3-6-13-11/h8-9,11,13H,2-7H2,1H3. The third-order valence-electron chi connectivity index (χ3n) is 2.90. The molecule has 0 spiro atoms. The van der Waals surface area contributed by atoms with E-state index in [1.807, 2.05) is 13.0 Å². The number of ether oxygens (including phenoxy) is 1. The molecular formula is C12H19N3O. The van der Waals surface area contributed by atoms with Gasteiger partial charge in [-0.25, -0.2) is 0 Å². The van der Waals surface area contributed by atoms with E-state index in [9.17, 15) is 0 Å². The Balaban J connectivity index is 1.71. The summed E-state index contributed by atoms with van der Waals surface area (Å²) in [6.45, 7) is 3.86. The molecular weight excluding hydrogens is 202 g/mol. The minimum absolute atomic E-state index is 0.617. The Morgan fingerprint density at radius 1 is 1.50 bits per heavy atom. The second-order valence-electron chi connectivity index (χ2n) is 4.36. The van der Waals surface area contributed by atoms with Gasteiger partial charge in [0.15, 0.2) is 0 Å². The molecule has 1 aliphatic heterocycles. The van der Waals surface area contributed by atoms with Crippen LogP contribution < -0.4 is 10.1 Å². The fraction of sp³-hybridized carbons (Fsp3) is 0.667. The van der Waals surface area contributed by atoms with Gasteiger partial charge in [0.05, 0.1) is 12.8 Å². The lowest BCUT2D eigenvalue weighted by Crippen LogP contribution is -2.35. The second kappa shape index (κ2) is 5.80. The quantitative estimate of drug-likeness (QED) is 0.840. The lowest BCUT2D eigenvalue weighted by Gasteiger charge is -2.23. The van der Waals surface area contributed by atoms with Gasteiger partial charge in [0.2, 0.25) is 5.88 Å². The molecule has 1 aromatic heterocycles. The Morgan fingerprint density at radius 2 is 2.44 bits per heavy atom. The van der Waals surface area contributed by atoms with Crippen molar-refractivity contribution in [2.45, 2.75) is 38.6 Å². The van der Waals surface area contributed by atoms with Gasteiger partial charge in [-0.15, -0.1) is 5.10 Å². The minimum atomic E-state index is 0.617. The normalized spacial score (nSPS) is 20.7. The van der Waals surface area contributed by atoms with Crippen molar-refractivity contribution in [3.8, 4) is 5.88 Å². The summed E-state index contributed by atoms with van der Waals surface area (Å²) >= 11 is 0. The molecule has 4 heteroatoms.